The lowest BCUT2D eigenvalue weighted by Gasteiger charge is -2.31. The normalized spacial score (nSPS) is 20.0. The van der Waals surface area contributed by atoms with Crippen molar-refractivity contribution in [3.8, 4) is 0 Å². The molecule has 0 fully saturated rings. The third-order valence-corrected chi connectivity index (χ3v) is 4.40. The zero-order valence-corrected chi connectivity index (χ0v) is 13.3. The highest BCUT2D eigenvalue weighted by Crippen LogP contribution is 2.31. The van der Waals surface area contributed by atoms with Crippen LogP contribution in [0.4, 0.5) is 0 Å². The van der Waals surface area contributed by atoms with Gasteiger partial charge in [0.1, 0.15) is 0 Å². The van der Waals surface area contributed by atoms with Gasteiger partial charge in [0.25, 0.3) is 0 Å². The van der Waals surface area contributed by atoms with Gasteiger partial charge in [-0.25, -0.2) is 0 Å². The minimum Gasteiger partial charge on any atom is -0.311 e. The van der Waals surface area contributed by atoms with Gasteiger partial charge in [-0.3, -0.25) is 4.79 Å². The Morgan fingerprint density at radius 1 is 1.50 bits per heavy atom. The fourth-order valence-electron chi connectivity index (χ4n) is 2.21. The van der Waals surface area contributed by atoms with E-state index in [2.05, 4.69) is 28.7 Å². The molecule has 1 atom stereocenters. The fourth-order valence-corrected chi connectivity index (χ4v) is 3.03. The highest BCUT2D eigenvalue weighted by Gasteiger charge is 2.28. The SMILES string of the molecule is CCN1C(=O)C(I)CC=C1c1ccc(Cl)cc1C. The Morgan fingerprint density at radius 3 is 2.83 bits per heavy atom. The molecule has 1 aliphatic rings. The molecule has 1 heterocycles. The Hall–Kier alpha value is -0.550. The topological polar surface area (TPSA) is 20.3 Å². The van der Waals surface area contributed by atoms with Gasteiger partial charge in [-0.2, -0.15) is 0 Å². The van der Waals surface area contributed by atoms with E-state index in [1.807, 2.05) is 36.9 Å². The maximum Gasteiger partial charge on any atom is 0.240 e. The Labute approximate surface area is 126 Å². The van der Waals surface area contributed by atoms with Gasteiger partial charge < -0.3 is 4.90 Å². The molecule has 0 aliphatic carbocycles. The first-order valence-corrected chi connectivity index (χ1v) is 7.59. The summed E-state index contributed by atoms with van der Waals surface area (Å²) in [5.41, 5.74) is 3.22. The van der Waals surface area contributed by atoms with E-state index >= 15 is 0 Å². The molecule has 2 nitrogen and oxygen atoms in total. The van der Waals surface area contributed by atoms with Gasteiger partial charge >= 0.3 is 0 Å². The lowest BCUT2D eigenvalue weighted by molar-refractivity contribution is -0.127. The summed E-state index contributed by atoms with van der Waals surface area (Å²) >= 11 is 8.18. The third-order valence-electron chi connectivity index (χ3n) is 3.12. The average molecular weight is 376 g/mol. The number of nitrogens with zero attached hydrogens (tertiary/aromatic N) is 1. The molecule has 1 unspecified atom stereocenters. The van der Waals surface area contributed by atoms with Crippen LogP contribution < -0.4 is 0 Å². The summed E-state index contributed by atoms with van der Waals surface area (Å²) in [6, 6.07) is 5.80. The van der Waals surface area contributed by atoms with Crippen LogP contribution in [0.15, 0.2) is 24.3 Å². The van der Waals surface area contributed by atoms with Gasteiger partial charge in [0.05, 0.1) is 3.92 Å². The van der Waals surface area contributed by atoms with E-state index < -0.39 is 0 Å². The number of carbonyl (C=O) groups is 1. The van der Waals surface area contributed by atoms with E-state index in [4.69, 9.17) is 11.6 Å². The van der Waals surface area contributed by atoms with Crippen LogP contribution in [-0.4, -0.2) is 21.3 Å². The van der Waals surface area contributed by atoms with Crippen LogP contribution in [0.3, 0.4) is 0 Å². The van der Waals surface area contributed by atoms with Gasteiger partial charge in [0.15, 0.2) is 0 Å². The largest absolute Gasteiger partial charge is 0.311 e. The minimum atomic E-state index is 0.0545. The molecule has 1 amide bonds. The van der Waals surface area contributed by atoms with Crippen LogP contribution in [0, 0.1) is 6.92 Å². The van der Waals surface area contributed by atoms with Gasteiger partial charge in [0, 0.05) is 22.8 Å². The summed E-state index contributed by atoms with van der Waals surface area (Å²) in [4.78, 5) is 14.0. The monoisotopic (exact) mass is 375 g/mol. The number of alkyl halides is 1. The maximum atomic E-state index is 12.2. The summed E-state index contributed by atoms with van der Waals surface area (Å²) < 4.78 is 0.0545. The van der Waals surface area contributed by atoms with Gasteiger partial charge in [0.2, 0.25) is 5.91 Å². The van der Waals surface area contributed by atoms with E-state index in [1.165, 1.54) is 0 Å². The number of hydrogen-bond donors (Lipinski definition) is 0. The van der Waals surface area contributed by atoms with E-state index in [0.717, 1.165) is 28.3 Å². The minimum absolute atomic E-state index is 0.0545. The predicted octanol–water partition coefficient (Wildman–Crippen LogP) is 4.05. The molecule has 0 saturated heterocycles. The zero-order chi connectivity index (χ0) is 13.3. The van der Waals surface area contributed by atoms with Crippen molar-refractivity contribution in [2.75, 3.05) is 6.54 Å². The number of halogens is 2. The Kier molecular flexibility index (Phi) is 4.33. The van der Waals surface area contributed by atoms with Crippen LogP contribution in [0.1, 0.15) is 24.5 Å². The molecule has 0 bridgehead atoms. The first-order valence-electron chi connectivity index (χ1n) is 5.96. The molecule has 4 heteroatoms. The second kappa shape index (κ2) is 5.61. The van der Waals surface area contributed by atoms with Crippen LogP contribution in [-0.2, 0) is 4.79 Å². The predicted molar refractivity (Wildman–Crippen MR) is 84.0 cm³/mol. The van der Waals surface area contributed by atoms with Crippen molar-refractivity contribution in [1.29, 1.82) is 0 Å². The summed E-state index contributed by atoms with van der Waals surface area (Å²) in [6.07, 6.45) is 2.95. The molecule has 0 N–H and O–H groups in total. The smallest absolute Gasteiger partial charge is 0.240 e. The number of amides is 1. The summed E-state index contributed by atoms with van der Waals surface area (Å²) in [5, 5.41) is 0.730. The van der Waals surface area contributed by atoms with Crippen LogP contribution in [0.25, 0.3) is 5.70 Å². The molecular formula is C14H15ClINO. The molecule has 0 spiro atoms. The molecule has 0 radical (unpaired) electrons. The Bertz CT molecular complexity index is 513. The molecule has 1 aromatic rings. The fraction of sp³-hybridized carbons (Fsp3) is 0.357. The van der Waals surface area contributed by atoms with Crippen molar-refractivity contribution < 1.29 is 4.79 Å². The number of hydrogen-bond acceptors (Lipinski definition) is 1. The van der Waals surface area contributed by atoms with Crippen molar-refractivity contribution in [2.24, 2.45) is 0 Å². The van der Waals surface area contributed by atoms with Crippen LogP contribution in [0.2, 0.25) is 5.02 Å². The Balaban J connectivity index is 2.45. The van der Waals surface area contributed by atoms with Gasteiger partial charge in [-0.1, -0.05) is 46.3 Å². The lowest BCUT2D eigenvalue weighted by Crippen LogP contribution is -2.38. The number of rotatable bonds is 2. The van der Waals surface area contributed by atoms with Crippen molar-refractivity contribution >= 4 is 45.8 Å². The molecule has 96 valence electrons. The summed E-state index contributed by atoms with van der Waals surface area (Å²) in [7, 11) is 0. The first-order chi connectivity index (χ1) is 8.54. The molecule has 0 saturated carbocycles. The molecule has 2 rings (SSSR count). The highest BCUT2D eigenvalue weighted by molar-refractivity contribution is 14.1. The summed E-state index contributed by atoms with van der Waals surface area (Å²) in [5.74, 6) is 0.199. The van der Waals surface area contributed by atoms with E-state index in [-0.39, 0.29) is 9.83 Å². The van der Waals surface area contributed by atoms with E-state index in [9.17, 15) is 4.79 Å². The van der Waals surface area contributed by atoms with Crippen molar-refractivity contribution in [3.63, 3.8) is 0 Å². The lowest BCUT2D eigenvalue weighted by atomic mass is 10.0. The number of allylic oxidation sites excluding steroid dienone is 1. The maximum absolute atomic E-state index is 12.2. The van der Waals surface area contributed by atoms with E-state index in [0.29, 0.717) is 6.54 Å². The molecule has 1 aromatic carbocycles. The van der Waals surface area contributed by atoms with Gasteiger partial charge in [-0.15, -0.1) is 0 Å². The second-order valence-electron chi connectivity index (χ2n) is 4.33. The number of benzene rings is 1. The molecule has 18 heavy (non-hydrogen) atoms. The quantitative estimate of drug-likeness (QED) is 0.564. The number of aryl methyl sites for hydroxylation is 1. The molecule has 0 aromatic heterocycles. The highest BCUT2D eigenvalue weighted by atomic mass is 127. The van der Waals surface area contributed by atoms with Crippen LogP contribution in [0.5, 0.6) is 0 Å². The van der Waals surface area contributed by atoms with E-state index in [1.54, 1.807) is 0 Å². The average Bonchev–Trinajstić information content (AvgIpc) is 2.33. The summed E-state index contributed by atoms with van der Waals surface area (Å²) in [6.45, 7) is 4.73. The molecule has 1 aliphatic heterocycles. The molecular weight excluding hydrogens is 361 g/mol. The van der Waals surface area contributed by atoms with Crippen molar-refractivity contribution in [2.45, 2.75) is 24.2 Å². The van der Waals surface area contributed by atoms with Crippen molar-refractivity contribution in [1.82, 2.24) is 4.90 Å². The Morgan fingerprint density at radius 2 is 2.22 bits per heavy atom. The van der Waals surface area contributed by atoms with Crippen LogP contribution >= 0.6 is 34.2 Å². The van der Waals surface area contributed by atoms with Crippen molar-refractivity contribution in [3.05, 3.63) is 40.4 Å². The standard InChI is InChI=1S/C14H15ClINO/c1-3-17-13(7-6-12(16)14(17)18)11-5-4-10(15)8-9(11)2/h4-5,7-8,12H,3,6H2,1-2H3. The third kappa shape index (κ3) is 2.57. The first kappa shape index (κ1) is 13.9. The zero-order valence-electron chi connectivity index (χ0n) is 10.4. The second-order valence-corrected chi connectivity index (χ2v) is 6.27. The van der Waals surface area contributed by atoms with Gasteiger partial charge in [-0.05, 0) is 38.0 Å². The number of carbonyl (C=O) groups excluding carboxylic acids is 1.